The molecule has 0 radical (unpaired) electrons. The van der Waals surface area contributed by atoms with Crippen molar-refractivity contribution >= 4 is 5.91 Å². The average Bonchev–Trinajstić information content (AvgIpc) is 2.44. The molecule has 1 amide bonds. The highest BCUT2D eigenvalue weighted by molar-refractivity contribution is 5.94. The van der Waals surface area contributed by atoms with E-state index in [1.165, 1.54) is 0 Å². The van der Waals surface area contributed by atoms with Crippen LogP contribution in [-0.4, -0.2) is 35.6 Å². The molecule has 0 aliphatic rings. The molecule has 3 heteroatoms. The van der Waals surface area contributed by atoms with Crippen molar-refractivity contribution in [1.82, 2.24) is 4.90 Å². The Bertz CT molecular complexity index is 511. The highest BCUT2D eigenvalue weighted by Gasteiger charge is 2.16. The van der Waals surface area contributed by atoms with Crippen LogP contribution in [0.1, 0.15) is 41.8 Å². The Morgan fingerprint density at radius 2 is 2.16 bits per heavy atom. The summed E-state index contributed by atoms with van der Waals surface area (Å²) in [5.74, 6) is 5.49. The smallest absolute Gasteiger partial charge is 0.253 e. The summed E-state index contributed by atoms with van der Waals surface area (Å²) in [6.45, 7) is 5.85. The molecule has 1 aromatic rings. The Kier molecular flexibility index (Phi) is 5.59. The normalized spacial score (nSPS) is 11.4. The molecule has 0 spiro atoms. The van der Waals surface area contributed by atoms with Crippen molar-refractivity contribution in [2.75, 3.05) is 13.7 Å². The van der Waals surface area contributed by atoms with E-state index in [9.17, 15) is 4.79 Å². The highest BCUT2D eigenvalue weighted by Crippen LogP contribution is 2.13. The van der Waals surface area contributed by atoms with Gasteiger partial charge in [-0.05, 0) is 38.0 Å². The number of aliphatic hydroxyl groups is 1. The maximum absolute atomic E-state index is 12.3. The largest absolute Gasteiger partial charge is 0.384 e. The van der Waals surface area contributed by atoms with Crippen LogP contribution in [0.3, 0.4) is 0 Å². The van der Waals surface area contributed by atoms with Crippen LogP contribution < -0.4 is 0 Å². The van der Waals surface area contributed by atoms with Crippen molar-refractivity contribution < 1.29 is 9.90 Å². The fourth-order valence-electron chi connectivity index (χ4n) is 1.70. The molecular weight excluding hydrogens is 238 g/mol. The van der Waals surface area contributed by atoms with Crippen molar-refractivity contribution in [3.05, 3.63) is 34.9 Å². The van der Waals surface area contributed by atoms with Crippen molar-refractivity contribution in [2.24, 2.45) is 0 Å². The third-order valence-corrected chi connectivity index (χ3v) is 3.36. The molecule has 0 saturated heterocycles. The molecule has 1 N–H and O–H groups in total. The molecule has 0 heterocycles. The van der Waals surface area contributed by atoms with Gasteiger partial charge in [0.25, 0.3) is 5.91 Å². The molecule has 0 fully saturated rings. The molecular formula is C16H21NO2. The minimum absolute atomic E-state index is 0.00129. The first-order chi connectivity index (χ1) is 9.01. The van der Waals surface area contributed by atoms with Gasteiger partial charge in [-0.3, -0.25) is 4.79 Å². The van der Waals surface area contributed by atoms with E-state index in [0.717, 1.165) is 17.5 Å². The quantitative estimate of drug-likeness (QED) is 0.845. The van der Waals surface area contributed by atoms with Gasteiger partial charge < -0.3 is 10.0 Å². The fraction of sp³-hybridized carbons (Fsp3) is 0.438. The van der Waals surface area contributed by atoms with E-state index < -0.39 is 0 Å². The lowest BCUT2D eigenvalue weighted by Crippen LogP contribution is -2.34. The monoisotopic (exact) mass is 259 g/mol. The number of aliphatic hydroxyl groups excluding tert-OH is 1. The van der Waals surface area contributed by atoms with E-state index in [1.807, 2.05) is 33.0 Å². The van der Waals surface area contributed by atoms with E-state index in [-0.39, 0.29) is 18.6 Å². The van der Waals surface area contributed by atoms with Crippen LogP contribution in [0.5, 0.6) is 0 Å². The van der Waals surface area contributed by atoms with Crippen LogP contribution in [0.15, 0.2) is 18.2 Å². The van der Waals surface area contributed by atoms with Gasteiger partial charge in [0.2, 0.25) is 0 Å². The topological polar surface area (TPSA) is 40.5 Å². The first-order valence-electron chi connectivity index (χ1n) is 6.48. The molecule has 0 bridgehead atoms. The second-order valence-corrected chi connectivity index (χ2v) is 4.66. The van der Waals surface area contributed by atoms with Gasteiger partial charge >= 0.3 is 0 Å². The number of carbonyl (C=O) groups is 1. The molecule has 1 unspecified atom stereocenters. The van der Waals surface area contributed by atoms with E-state index in [4.69, 9.17) is 5.11 Å². The summed E-state index contributed by atoms with van der Waals surface area (Å²) in [4.78, 5) is 14.1. The summed E-state index contributed by atoms with van der Waals surface area (Å²) in [7, 11) is 1.81. The maximum atomic E-state index is 12.3. The zero-order valence-electron chi connectivity index (χ0n) is 12.0. The van der Waals surface area contributed by atoms with Gasteiger partial charge in [-0.15, -0.1) is 0 Å². The molecule has 0 saturated carbocycles. The second-order valence-electron chi connectivity index (χ2n) is 4.66. The van der Waals surface area contributed by atoms with E-state index >= 15 is 0 Å². The Balaban J connectivity index is 3.05. The Labute approximate surface area is 115 Å². The first-order valence-corrected chi connectivity index (χ1v) is 6.48. The number of nitrogens with zero attached hydrogens (tertiary/aromatic N) is 1. The molecule has 1 atom stereocenters. The Morgan fingerprint density at radius 3 is 2.74 bits per heavy atom. The van der Waals surface area contributed by atoms with Gasteiger partial charge in [0.05, 0.1) is 0 Å². The molecule has 1 aromatic carbocycles. The predicted octanol–water partition coefficient (Wildman–Crippen LogP) is 2.21. The third-order valence-electron chi connectivity index (χ3n) is 3.36. The summed E-state index contributed by atoms with van der Waals surface area (Å²) >= 11 is 0. The van der Waals surface area contributed by atoms with Crippen LogP contribution in [0.25, 0.3) is 0 Å². The molecule has 0 aliphatic carbocycles. The summed E-state index contributed by atoms with van der Waals surface area (Å²) < 4.78 is 0. The van der Waals surface area contributed by atoms with Crippen LogP contribution in [0.2, 0.25) is 0 Å². The van der Waals surface area contributed by atoms with Gasteiger partial charge in [0, 0.05) is 24.2 Å². The number of carbonyl (C=O) groups excluding carboxylic acids is 1. The lowest BCUT2D eigenvalue weighted by Gasteiger charge is -2.24. The predicted molar refractivity (Wildman–Crippen MR) is 77.0 cm³/mol. The first kappa shape index (κ1) is 15.3. The van der Waals surface area contributed by atoms with Gasteiger partial charge in [0.1, 0.15) is 6.61 Å². The number of hydrogen-bond acceptors (Lipinski definition) is 2. The molecule has 102 valence electrons. The van der Waals surface area contributed by atoms with E-state index in [1.54, 1.807) is 11.0 Å². The molecule has 0 aromatic heterocycles. The molecule has 0 aliphatic heterocycles. The van der Waals surface area contributed by atoms with Crippen LogP contribution in [0.4, 0.5) is 0 Å². The van der Waals surface area contributed by atoms with E-state index in [0.29, 0.717) is 5.56 Å². The Hall–Kier alpha value is -1.79. The molecule has 1 rings (SSSR count). The number of rotatable bonds is 3. The van der Waals surface area contributed by atoms with Gasteiger partial charge in [-0.2, -0.15) is 0 Å². The summed E-state index contributed by atoms with van der Waals surface area (Å²) in [6, 6.07) is 5.71. The number of benzene rings is 1. The number of amides is 1. The van der Waals surface area contributed by atoms with Crippen LogP contribution in [-0.2, 0) is 0 Å². The van der Waals surface area contributed by atoms with Crippen LogP contribution >= 0.6 is 0 Å². The summed E-state index contributed by atoms with van der Waals surface area (Å²) in [6.07, 6.45) is 0.922. The Morgan fingerprint density at radius 1 is 1.47 bits per heavy atom. The van der Waals surface area contributed by atoms with Crippen LogP contribution in [0, 0.1) is 18.8 Å². The minimum atomic E-state index is -0.176. The SMILES string of the molecule is CCC(C)N(C)C(=O)c1ccc(C)c(C#CCO)c1. The fourth-order valence-corrected chi connectivity index (χ4v) is 1.70. The maximum Gasteiger partial charge on any atom is 0.253 e. The standard InChI is InChI=1S/C16H21NO2/c1-5-13(3)17(4)16(19)15-9-8-12(2)14(11-15)7-6-10-18/h8-9,11,13,18H,5,10H2,1-4H3. The highest BCUT2D eigenvalue weighted by atomic mass is 16.2. The second kappa shape index (κ2) is 6.96. The minimum Gasteiger partial charge on any atom is -0.384 e. The zero-order chi connectivity index (χ0) is 14.4. The summed E-state index contributed by atoms with van der Waals surface area (Å²) in [5.41, 5.74) is 2.43. The lowest BCUT2D eigenvalue weighted by molar-refractivity contribution is 0.0740. The van der Waals surface area contributed by atoms with E-state index in [2.05, 4.69) is 18.8 Å². The third kappa shape index (κ3) is 3.84. The van der Waals surface area contributed by atoms with Crippen molar-refractivity contribution in [2.45, 2.75) is 33.2 Å². The molecule has 3 nitrogen and oxygen atoms in total. The lowest BCUT2D eigenvalue weighted by atomic mass is 10.0. The summed E-state index contributed by atoms with van der Waals surface area (Å²) in [5, 5.41) is 8.74. The van der Waals surface area contributed by atoms with Gasteiger partial charge in [0.15, 0.2) is 0 Å². The van der Waals surface area contributed by atoms with Crippen molar-refractivity contribution in [3.8, 4) is 11.8 Å². The zero-order valence-corrected chi connectivity index (χ0v) is 12.0. The number of hydrogen-bond donors (Lipinski definition) is 1. The van der Waals surface area contributed by atoms with Gasteiger partial charge in [-0.25, -0.2) is 0 Å². The molecule has 19 heavy (non-hydrogen) atoms. The van der Waals surface area contributed by atoms with Crippen molar-refractivity contribution in [1.29, 1.82) is 0 Å². The number of aryl methyl sites for hydroxylation is 1. The average molecular weight is 259 g/mol. The van der Waals surface area contributed by atoms with Gasteiger partial charge in [-0.1, -0.05) is 24.8 Å². The van der Waals surface area contributed by atoms with Crippen molar-refractivity contribution in [3.63, 3.8) is 0 Å².